The van der Waals surface area contributed by atoms with Crippen molar-refractivity contribution in [3.63, 3.8) is 0 Å². The summed E-state index contributed by atoms with van der Waals surface area (Å²) in [6, 6.07) is 6.81. The lowest BCUT2D eigenvalue weighted by atomic mass is 10.2. The van der Waals surface area contributed by atoms with Crippen LogP contribution in [0, 0.1) is 0 Å². The highest BCUT2D eigenvalue weighted by atomic mass is 32.2. The van der Waals surface area contributed by atoms with Gasteiger partial charge in [0.05, 0.1) is 0 Å². The minimum Gasteiger partial charge on any atom is -0.298 e. The summed E-state index contributed by atoms with van der Waals surface area (Å²) in [5, 5.41) is 7.74. The van der Waals surface area contributed by atoms with Crippen molar-refractivity contribution in [1.29, 1.82) is 0 Å². The van der Waals surface area contributed by atoms with Gasteiger partial charge in [0.1, 0.15) is 11.0 Å². The van der Waals surface area contributed by atoms with Gasteiger partial charge < -0.3 is 0 Å². The van der Waals surface area contributed by atoms with Gasteiger partial charge in [0.15, 0.2) is 0 Å². The van der Waals surface area contributed by atoms with Gasteiger partial charge in [-0.3, -0.25) is 4.90 Å². The number of nitrogens with zero attached hydrogens (tertiary/aromatic N) is 3. The van der Waals surface area contributed by atoms with Crippen molar-refractivity contribution in [2.24, 2.45) is 0 Å². The molecule has 1 fully saturated rings. The third-order valence-electron chi connectivity index (χ3n) is 3.37. The Bertz CT molecular complexity index is 537. The summed E-state index contributed by atoms with van der Waals surface area (Å²) in [5.41, 5.74) is 2.94. The second-order valence-electron chi connectivity index (χ2n) is 4.81. The summed E-state index contributed by atoms with van der Waals surface area (Å²) in [7, 11) is 2.21. The minimum absolute atomic E-state index is 0.656. The topological polar surface area (TPSA) is 42.2 Å². The van der Waals surface area contributed by atoms with E-state index in [-0.39, 0.29) is 0 Å². The van der Waals surface area contributed by atoms with E-state index in [0.717, 1.165) is 17.6 Å². The van der Waals surface area contributed by atoms with Gasteiger partial charge in [0.25, 0.3) is 0 Å². The fraction of sp³-hybridized carbons (Fsp3) is 0.538. The number of fused-ring (bicyclic) bond motifs is 1. The van der Waals surface area contributed by atoms with Crippen LogP contribution in [0.4, 0.5) is 0 Å². The lowest BCUT2D eigenvalue weighted by molar-refractivity contribution is 0.274. The quantitative estimate of drug-likeness (QED) is 0.867. The molecule has 3 rings (SSSR count). The highest BCUT2D eigenvalue weighted by Gasteiger charge is 2.17. The number of aromatic nitrogens is 2. The van der Waals surface area contributed by atoms with E-state index in [1.807, 2.05) is 6.07 Å². The number of hydrogen-bond donors (Lipinski definition) is 0. The minimum atomic E-state index is 0.656. The smallest absolute Gasteiger partial charge is 0.135 e. The summed E-state index contributed by atoms with van der Waals surface area (Å²) in [4.78, 5) is 2.44. The molecule has 0 N–H and O–H groups in total. The Morgan fingerprint density at radius 2 is 1.95 bits per heavy atom. The van der Waals surface area contributed by atoms with E-state index in [4.69, 9.17) is 4.63 Å². The molecule has 0 unspecified atom stereocenters. The molecular weight excluding hydrogens is 278 g/mol. The first kappa shape index (κ1) is 13.3. The van der Waals surface area contributed by atoms with E-state index in [9.17, 15) is 0 Å². The average Bonchev–Trinajstić information content (AvgIpc) is 2.71. The van der Waals surface area contributed by atoms with Crippen molar-refractivity contribution < 1.29 is 4.63 Å². The van der Waals surface area contributed by atoms with Crippen LogP contribution in [-0.4, -0.2) is 51.3 Å². The molecule has 1 aromatic carbocycles. The highest BCUT2D eigenvalue weighted by molar-refractivity contribution is 8.03. The molecule has 0 aliphatic carbocycles. The number of rotatable bonds is 3. The molecule has 6 heteroatoms. The molecule has 4 nitrogen and oxygen atoms in total. The summed E-state index contributed by atoms with van der Waals surface area (Å²) >= 11 is 4.13. The van der Waals surface area contributed by atoms with E-state index >= 15 is 0 Å². The second kappa shape index (κ2) is 6.15. The Kier molecular flexibility index (Phi) is 4.30. The summed E-state index contributed by atoms with van der Waals surface area (Å²) in [6.07, 6.45) is 0. The van der Waals surface area contributed by atoms with Crippen LogP contribution >= 0.6 is 23.5 Å². The molecule has 1 saturated heterocycles. The van der Waals surface area contributed by atoms with Crippen LogP contribution in [0.5, 0.6) is 0 Å². The first-order chi connectivity index (χ1) is 9.33. The van der Waals surface area contributed by atoms with Crippen molar-refractivity contribution in [3.8, 4) is 0 Å². The van der Waals surface area contributed by atoms with Gasteiger partial charge >= 0.3 is 0 Å². The standard InChI is InChI=1S/C13H17N3OS2/c1-16(11-8-18-4-5-19-9-11)7-10-2-3-12-13(6-10)15-17-14-12/h2-3,6,11H,4-5,7-9H2,1H3. The van der Waals surface area contributed by atoms with E-state index < -0.39 is 0 Å². The van der Waals surface area contributed by atoms with Gasteiger partial charge in [0, 0.05) is 35.6 Å². The number of thioether (sulfide) groups is 2. The molecule has 0 amide bonds. The van der Waals surface area contributed by atoms with Gasteiger partial charge in [-0.15, -0.1) is 0 Å². The lowest BCUT2D eigenvalue weighted by Crippen LogP contribution is -2.34. The van der Waals surface area contributed by atoms with Crippen LogP contribution in [0.25, 0.3) is 11.0 Å². The molecule has 0 bridgehead atoms. The Labute approximate surface area is 121 Å². The summed E-state index contributed by atoms with van der Waals surface area (Å²) in [5.74, 6) is 5.03. The fourth-order valence-electron chi connectivity index (χ4n) is 2.20. The molecule has 0 saturated carbocycles. The third-order valence-corrected chi connectivity index (χ3v) is 5.85. The molecule has 0 atom stereocenters. The van der Waals surface area contributed by atoms with Crippen molar-refractivity contribution in [3.05, 3.63) is 23.8 Å². The van der Waals surface area contributed by atoms with Crippen molar-refractivity contribution in [2.45, 2.75) is 12.6 Å². The summed E-state index contributed by atoms with van der Waals surface area (Å²) < 4.78 is 4.74. The molecule has 1 aliphatic heterocycles. The van der Waals surface area contributed by atoms with Gasteiger partial charge in [-0.05, 0) is 35.1 Å². The maximum atomic E-state index is 4.74. The zero-order valence-corrected chi connectivity index (χ0v) is 12.5. The van der Waals surface area contributed by atoms with Crippen molar-refractivity contribution in [1.82, 2.24) is 15.2 Å². The monoisotopic (exact) mass is 295 g/mol. The van der Waals surface area contributed by atoms with Crippen LogP contribution in [0.15, 0.2) is 22.8 Å². The lowest BCUT2D eigenvalue weighted by Gasteiger charge is -2.26. The molecular formula is C13H17N3OS2. The van der Waals surface area contributed by atoms with Gasteiger partial charge in [-0.1, -0.05) is 6.07 Å². The van der Waals surface area contributed by atoms with E-state index in [1.165, 1.54) is 28.6 Å². The predicted octanol–water partition coefficient (Wildman–Crippen LogP) is 2.50. The Balaban J connectivity index is 1.68. The van der Waals surface area contributed by atoms with E-state index in [1.54, 1.807) is 0 Å². The largest absolute Gasteiger partial charge is 0.298 e. The van der Waals surface area contributed by atoms with Gasteiger partial charge in [-0.2, -0.15) is 23.5 Å². The van der Waals surface area contributed by atoms with Crippen molar-refractivity contribution >= 4 is 34.6 Å². The van der Waals surface area contributed by atoms with Gasteiger partial charge in [0.2, 0.25) is 0 Å². The Hall–Kier alpha value is -0.720. The normalized spacial score (nSPS) is 18.0. The molecule has 2 aromatic rings. The van der Waals surface area contributed by atoms with E-state index in [0.29, 0.717) is 6.04 Å². The summed E-state index contributed by atoms with van der Waals surface area (Å²) in [6.45, 7) is 0.953. The Morgan fingerprint density at radius 3 is 2.74 bits per heavy atom. The molecule has 2 heterocycles. The first-order valence-electron chi connectivity index (χ1n) is 6.40. The maximum absolute atomic E-state index is 4.74. The third kappa shape index (κ3) is 3.24. The highest BCUT2D eigenvalue weighted by Crippen LogP contribution is 2.21. The second-order valence-corrected chi connectivity index (χ2v) is 7.11. The molecule has 1 aromatic heterocycles. The SMILES string of the molecule is CN(Cc1ccc2nonc2c1)C1CSCCSC1. The average molecular weight is 295 g/mol. The Morgan fingerprint density at radius 1 is 1.21 bits per heavy atom. The number of hydrogen-bond acceptors (Lipinski definition) is 6. The van der Waals surface area contributed by atoms with Crippen LogP contribution in [0.1, 0.15) is 5.56 Å². The molecule has 0 radical (unpaired) electrons. The van der Waals surface area contributed by atoms with E-state index in [2.05, 4.69) is 57.9 Å². The fourth-order valence-corrected chi connectivity index (χ4v) is 4.92. The predicted molar refractivity (Wildman–Crippen MR) is 81.7 cm³/mol. The molecule has 0 spiro atoms. The zero-order valence-electron chi connectivity index (χ0n) is 10.9. The zero-order chi connectivity index (χ0) is 13.1. The maximum Gasteiger partial charge on any atom is 0.135 e. The number of benzene rings is 1. The molecule has 102 valence electrons. The molecule has 19 heavy (non-hydrogen) atoms. The molecule has 1 aliphatic rings. The van der Waals surface area contributed by atoms with Gasteiger partial charge in [-0.25, -0.2) is 4.63 Å². The van der Waals surface area contributed by atoms with Crippen LogP contribution in [-0.2, 0) is 6.54 Å². The first-order valence-corrected chi connectivity index (χ1v) is 8.71. The van der Waals surface area contributed by atoms with Crippen LogP contribution in [0.2, 0.25) is 0 Å². The van der Waals surface area contributed by atoms with Crippen molar-refractivity contribution in [2.75, 3.05) is 30.1 Å². The van der Waals surface area contributed by atoms with Crippen LogP contribution < -0.4 is 0 Å². The van der Waals surface area contributed by atoms with Crippen LogP contribution in [0.3, 0.4) is 0 Å².